The second-order valence-electron chi connectivity index (χ2n) is 3.39. The molecule has 0 aromatic heterocycles. The summed E-state index contributed by atoms with van der Waals surface area (Å²) in [5.74, 6) is -0.459. The first kappa shape index (κ1) is 11.1. The first-order valence-corrected chi connectivity index (χ1v) is 4.64. The maximum Gasteiger partial charge on any atom is 0.238 e. The minimum absolute atomic E-state index is 0.148. The molecule has 78 valence electrons. The average molecular weight is 202 g/mol. The number of hydrogen-bond acceptors (Lipinski definition) is 0. The van der Waals surface area contributed by atoms with E-state index in [0.29, 0.717) is 12.0 Å². The van der Waals surface area contributed by atoms with Crippen LogP contribution in [-0.4, -0.2) is 6.43 Å². The van der Waals surface area contributed by atoms with E-state index in [0.717, 1.165) is 0 Å². The lowest BCUT2D eigenvalue weighted by atomic mass is 9.96. The van der Waals surface area contributed by atoms with Gasteiger partial charge in [-0.25, -0.2) is 13.2 Å². The number of hydrogen-bond donors (Lipinski definition) is 0. The van der Waals surface area contributed by atoms with Crippen molar-refractivity contribution in [2.45, 2.75) is 32.1 Å². The summed E-state index contributed by atoms with van der Waals surface area (Å²) >= 11 is 0. The highest BCUT2D eigenvalue weighted by atomic mass is 19.3. The normalized spacial score (nSPS) is 13.2. The van der Waals surface area contributed by atoms with Gasteiger partial charge in [0.05, 0.1) is 0 Å². The number of halogens is 3. The summed E-state index contributed by atoms with van der Waals surface area (Å²) in [6.45, 7) is 1.76. The molecule has 0 aliphatic rings. The predicted molar refractivity (Wildman–Crippen MR) is 50.1 cm³/mol. The van der Waals surface area contributed by atoms with Crippen molar-refractivity contribution in [1.29, 1.82) is 0 Å². The lowest BCUT2D eigenvalue weighted by Crippen LogP contribution is -2.00. The quantitative estimate of drug-likeness (QED) is 0.692. The van der Waals surface area contributed by atoms with Gasteiger partial charge in [-0.2, -0.15) is 0 Å². The lowest BCUT2D eigenvalue weighted by Gasteiger charge is -2.11. The minimum atomic E-state index is -2.30. The highest BCUT2D eigenvalue weighted by molar-refractivity contribution is 5.20. The van der Waals surface area contributed by atoms with Crippen LogP contribution in [0.25, 0.3) is 0 Å². The van der Waals surface area contributed by atoms with Crippen molar-refractivity contribution in [3.63, 3.8) is 0 Å². The molecule has 0 aliphatic carbocycles. The number of benzene rings is 1. The smallest absolute Gasteiger partial charge is 0.211 e. The van der Waals surface area contributed by atoms with E-state index < -0.39 is 6.43 Å². The van der Waals surface area contributed by atoms with Crippen LogP contribution in [0, 0.1) is 5.82 Å². The summed E-state index contributed by atoms with van der Waals surface area (Å²) < 4.78 is 37.0. The van der Waals surface area contributed by atoms with Crippen LogP contribution in [0.5, 0.6) is 0 Å². The fraction of sp³-hybridized carbons (Fsp3) is 0.455. The van der Waals surface area contributed by atoms with Gasteiger partial charge in [-0.1, -0.05) is 25.1 Å². The van der Waals surface area contributed by atoms with Crippen LogP contribution in [0.4, 0.5) is 13.2 Å². The van der Waals surface area contributed by atoms with Crippen LogP contribution in [-0.2, 0) is 0 Å². The van der Waals surface area contributed by atoms with Gasteiger partial charge in [0.15, 0.2) is 0 Å². The van der Waals surface area contributed by atoms with Crippen molar-refractivity contribution in [3.8, 4) is 0 Å². The van der Waals surface area contributed by atoms with Gasteiger partial charge < -0.3 is 0 Å². The van der Waals surface area contributed by atoms with E-state index in [2.05, 4.69) is 0 Å². The van der Waals surface area contributed by atoms with Gasteiger partial charge in [-0.15, -0.1) is 0 Å². The summed E-state index contributed by atoms with van der Waals surface area (Å²) in [5.41, 5.74) is 0.521. The molecule has 1 aromatic carbocycles. The molecule has 1 aromatic rings. The summed E-state index contributed by atoms with van der Waals surface area (Å²) in [5, 5.41) is 0. The van der Waals surface area contributed by atoms with Gasteiger partial charge in [0, 0.05) is 6.42 Å². The monoisotopic (exact) mass is 202 g/mol. The topological polar surface area (TPSA) is 0 Å². The molecule has 0 saturated heterocycles. The Morgan fingerprint density at radius 2 is 1.79 bits per heavy atom. The molecule has 0 saturated carbocycles. The van der Waals surface area contributed by atoms with Gasteiger partial charge in [0.2, 0.25) is 6.43 Å². The van der Waals surface area contributed by atoms with Crippen molar-refractivity contribution in [3.05, 3.63) is 35.6 Å². The fourth-order valence-corrected chi connectivity index (χ4v) is 1.41. The van der Waals surface area contributed by atoms with Crippen molar-refractivity contribution in [1.82, 2.24) is 0 Å². The molecular formula is C11H13F3. The molecular weight excluding hydrogens is 189 g/mol. The van der Waals surface area contributed by atoms with Gasteiger partial charge in [-0.3, -0.25) is 0 Å². The van der Waals surface area contributed by atoms with Gasteiger partial charge >= 0.3 is 0 Å². The fourth-order valence-electron chi connectivity index (χ4n) is 1.41. The Balaban J connectivity index is 2.60. The standard InChI is InChI=1S/C11H13F3/c1-8(6-7-11(13)14)9-4-2-3-5-10(9)12/h2-5,8,11H,6-7H2,1H3. The molecule has 0 N–H and O–H groups in total. The summed E-state index contributed by atoms with van der Waals surface area (Å²) in [6.07, 6.45) is -2.15. The summed E-state index contributed by atoms with van der Waals surface area (Å²) in [7, 11) is 0. The highest BCUT2D eigenvalue weighted by Gasteiger charge is 2.12. The van der Waals surface area contributed by atoms with Gasteiger partial charge in [0.25, 0.3) is 0 Å². The molecule has 1 rings (SSSR count). The van der Waals surface area contributed by atoms with Crippen molar-refractivity contribution < 1.29 is 13.2 Å². The third-order valence-corrected chi connectivity index (χ3v) is 2.25. The molecule has 0 radical (unpaired) electrons. The second-order valence-corrected chi connectivity index (χ2v) is 3.39. The molecule has 0 aliphatic heterocycles. The predicted octanol–water partition coefficient (Wildman–Crippen LogP) is 3.97. The molecule has 1 unspecified atom stereocenters. The van der Waals surface area contributed by atoms with E-state index in [4.69, 9.17) is 0 Å². The molecule has 3 heteroatoms. The molecule has 0 bridgehead atoms. The second kappa shape index (κ2) is 5.03. The lowest BCUT2D eigenvalue weighted by molar-refractivity contribution is 0.132. The van der Waals surface area contributed by atoms with Crippen LogP contribution in [0.1, 0.15) is 31.2 Å². The maximum atomic E-state index is 13.2. The minimum Gasteiger partial charge on any atom is -0.211 e. The Kier molecular flexibility index (Phi) is 3.98. The molecule has 0 heterocycles. The van der Waals surface area contributed by atoms with Crippen molar-refractivity contribution in [2.75, 3.05) is 0 Å². The first-order valence-electron chi connectivity index (χ1n) is 4.64. The van der Waals surface area contributed by atoms with E-state index >= 15 is 0 Å². The Morgan fingerprint density at radius 3 is 2.36 bits per heavy atom. The largest absolute Gasteiger partial charge is 0.238 e. The zero-order chi connectivity index (χ0) is 10.6. The van der Waals surface area contributed by atoms with Crippen LogP contribution in [0.2, 0.25) is 0 Å². The van der Waals surface area contributed by atoms with Crippen LogP contribution in [0.3, 0.4) is 0 Å². The third-order valence-electron chi connectivity index (χ3n) is 2.25. The maximum absolute atomic E-state index is 13.2. The zero-order valence-electron chi connectivity index (χ0n) is 8.01. The number of rotatable bonds is 4. The van der Waals surface area contributed by atoms with Crippen LogP contribution in [0.15, 0.2) is 24.3 Å². The highest BCUT2D eigenvalue weighted by Crippen LogP contribution is 2.24. The van der Waals surface area contributed by atoms with E-state index in [9.17, 15) is 13.2 Å². The van der Waals surface area contributed by atoms with Crippen molar-refractivity contribution in [2.24, 2.45) is 0 Å². The third kappa shape index (κ3) is 3.05. The Hall–Kier alpha value is -0.990. The average Bonchev–Trinajstić information content (AvgIpc) is 2.15. The molecule has 1 atom stereocenters. The first-order chi connectivity index (χ1) is 6.61. The van der Waals surface area contributed by atoms with E-state index in [1.807, 2.05) is 0 Å². The Bertz CT molecular complexity index is 284. The van der Waals surface area contributed by atoms with Gasteiger partial charge in [-0.05, 0) is 24.0 Å². The van der Waals surface area contributed by atoms with Crippen LogP contribution < -0.4 is 0 Å². The van der Waals surface area contributed by atoms with Gasteiger partial charge in [0.1, 0.15) is 5.82 Å². The SMILES string of the molecule is CC(CCC(F)F)c1ccccc1F. The zero-order valence-corrected chi connectivity index (χ0v) is 8.01. The Labute approximate surface area is 81.8 Å². The van der Waals surface area contributed by atoms with E-state index in [1.54, 1.807) is 25.1 Å². The molecule has 0 amide bonds. The molecule has 0 spiro atoms. The van der Waals surface area contributed by atoms with Crippen LogP contribution >= 0.6 is 0 Å². The molecule has 0 nitrogen and oxygen atoms in total. The summed E-state index contributed by atoms with van der Waals surface area (Å²) in [6, 6.07) is 6.32. The van der Waals surface area contributed by atoms with Crippen molar-refractivity contribution >= 4 is 0 Å². The van der Waals surface area contributed by atoms with E-state index in [1.165, 1.54) is 6.07 Å². The number of alkyl halides is 2. The summed E-state index contributed by atoms with van der Waals surface area (Å²) in [4.78, 5) is 0. The molecule has 14 heavy (non-hydrogen) atoms. The van der Waals surface area contributed by atoms with E-state index in [-0.39, 0.29) is 18.2 Å². The molecule has 0 fully saturated rings. The Morgan fingerprint density at radius 1 is 1.14 bits per heavy atom.